The molecule has 0 unspecified atom stereocenters. The minimum atomic E-state index is -0.223. The molecule has 100 valence electrons. The fraction of sp³-hybridized carbons (Fsp3) is 0.500. The van der Waals surface area contributed by atoms with Crippen LogP contribution in [0.5, 0.6) is 0 Å². The lowest BCUT2D eigenvalue weighted by molar-refractivity contribution is 0.0209. The standard InChI is InChI=1S/C14H22N2O2/c1-10(2)9-18-16-14(17)12-7-5-6-8-13(12)15-11(3)4/h5-8,10-11,15H,9H2,1-4H3,(H,16,17). The normalized spacial score (nSPS) is 10.8. The molecule has 0 aromatic heterocycles. The zero-order valence-electron chi connectivity index (χ0n) is 11.5. The Morgan fingerprint density at radius 2 is 1.89 bits per heavy atom. The van der Waals surface area contributed by atoms with Crippen LogP contribution in [0.15, 0.2) is 24.3 Å². The number of para-hydroxylation sites is 1. The van der Waals surface area contributed by atoms with Crippen molar-refractivity contribution in [2.24, 2.45) is 5.92 Å². The molecule has 0 saturated heterocycles. The number of hydrogen-bond acceptors (Lipinski definition) is 3. The van der Waals surface area contributed by atoms with Gasteiger partial charge >= 0.3 is 0 Å². The average Bonchev–Trinajstić information content (AvgIpc) is 2.28. The van der Waals surface area contributed by atoms with Gasteiger partial charge in [0, 0.05) is 11.7 Å². The summed E-state index contributed by atoms with van der Waals surface area (Å²) in [6, 6.07) is 7.67. The summed E-state index contributed by atoms with van der Waals surface area (Å²) in [7, 11) is 0. The highest BCUT2D eigenvalue weighted by molar-refractivity contribution is 5.99. The van der Waals surface area contributed by atoms with Gasteiger partial charge in [0.2, 0.25) is 0 Å². The summed E-state index contributed by atoms with van der Waals surface area (Å²) in [4.78, 5) is 17.1. The van der Waals surface area contributed by atoms with Crippen molar-refractivity contribution >= 4 is 11.6 Å². The maximum Gasteiger partial charge on any atom is 0.276 e. The van der Waals surface area contributed by atoms with Gasteiger partial charge in [0.05, 0.1) is 12.2 Å². The summed E-state index contributed by atoms with van der Waals surface area (Å²) in [5, 5.41) is 3.24. The second kappa shape index (κ2) is 7.01. The van der Waals surface area contributed by atoms with Gasteiger partial charge in [-0.15, -0.1) is 0 Å². The number of hydrogen-bond donors (Lipinski definition) is 2. The van der Waals surface area contributed by atoms with Crippen LogP contribution in [0.4, 0.5) is 5.69 Å². The Morgan fingerprint density at radius 3 is 2.50 bits per heavy atom. The summed E-state index contributed by atoms with van der Waals surface area (Å²) in [6.07, 6.45) is 0. The molecule has 0 spiro atoms. The first-order valence-corrected chi connectivity index (χ1v) is 6.28. The van der Waals surface area contributed by atoms with Crippen molar-refractivity contribution in [2.75, 3.05) is 11.9 Å². The van der Waals surface area contributed by atoms with Crippen molar-refractivity contribution in [1.29, 1.82) is 0 Å². The number of amides is 1. The molecule has 0 aliphatic carbocycles. The van der Waals surface area contributed by atoms with Crippen LogP contribution < -0.4 is 10.8 Å². The number of anilines is 1. The Hall–Kier alpha value is -1.55. The lowest BCUT2D eigenvalue weighted by atomic mass is 10.1. The molecule has 1 rings (SSSR count). The number of carbonyl (C=O) groups excluding carboxylic acids is 1. The molecule has 1 aromatic rings. The molecule has 0 saturated carbocycles. The van der Waals surface area contributed by atoms with Crippen LogP contribution in [0.1, 0.15) is 38.1 Å². The number of benzene rings is 1. The summed E-state index contributed by atoms with van der Waals surface area (Å²) in [6.45, 7) is 8.63. The van der Waals surface area contributed by atoms with Gasteiger partial charge in [0.15, 0.2) is 0 Å². The Morgan fingerprint density at radius 1 is 1.22 bits per heavy atom. The third kappa shape index (κ3) is 4.75. The van der Waals surface area contributed by atoms with Gasteiger partial charge in [-0.25, -0.2) is 5.48 Å². The molecule has 0 heterocycles. The third-order valence-electron chi connectivity index (χ3n) is 2.20. The molecular formula is C14H22N2O2. The first kappa shape index (κ1) is 14.5. The SMILES string of the molecule is CC(C)CONC(=O)c1ccccc1NC(C)C. The van der Waals surface area contributed by atoms with E-state index in [1.807, 2.05) is 45.9 Å². The van der Waals surface area contributed by atoms with Gasteiger partial charge < -0.3 is 5.32 Å². The summed E-state index contributed by atoms with van der Waals surface area (Å²) >= 11 is 0. The second-order valence-corrected chi connectivity index (χ2v) is 4.98. The van der Waals surface area contributed by atoms with Crippen molar-refractivity contribution < 1.29 is 9.63 Å². The van der Waals surface area contributed by atoms with Crippen LogP contribution in [-0.2, 0) is 4.84 Å². The van der Waals surface area contributed by atoms with Gasteiger partial charge in [-0.1, -0.05) is 26.0 Å². The van der Waals surface area contributed by atoms with E-state index in [2.05, 4.69) is 10.8 Å². The van der Waals surface area contributed by atoms with E-state index >= 15 is 0 Å². The van der Waals surface area contributed by atoms with Crippen molar-refractivity contribution in [3.63, 3.8) is 0 Å². The molecular weight excluding hydrogens is 228 g/mol. The van der Waals surface area contributed by atoms with Gasteiger partial charge in [-0.2, -0.15) is 0 Å². The van der Waals surface area contributed by atoms with Crippen LogP contribution in [0.2, 0.25) is 0 Å². The minimum absolute atomic E-state index is 0.223. The average molecular weight is 250 g/mol. The van der Waals surface area contributed by atoms with Gasteiger partial charge in [0.1, 0.15) is 0 Å². The smallest absolute Gasteiger partial charge is 0.276 e. The summed E-state index contributed by atoms with van der Waals surface area (Å²) in [5.41, 5.74) is 3.88. The van der Waals surface area contributed by atoms with E-state index in [0.717, 1.165) is 5.69 Å². The number of hydroxylamine groups is 1. The first-order valence-electron chi connectivity index (χ1n) is 6.28. The minimum Gasteiger partial charge on any atom is -0.382 e. The topological polar surface area (TPSA) is 50.4 Å². The van der Waals surface area contributed by atoms with Gasteiger partial charge in [-0.05, 0) is 31.9 Å². The van der Waals surface area contributed by atoms with Crippen LogP contribution in [-0.4, -0.2) is 18.6 Å². The largest absolute Gasteiger partial charge is 0.382 e. The number of nitrogens with one attached hydrogen (secondary N) is 2. The zero-order valence-corrected chi connectivity index (χ0v) is 11.5. The maximum absolute atomic E-state index is 12.0. The Bertz CT molecular complexity index is 389. The molecule has 0 radical (unpaired) electrons. The van der Waals surface area contributed by atoms with E-state index in [0.29, 0.717) is 18.1 Å². The number of rotatable bonds is 6. The highest BCUT2D eigenvalue weighted by Gasteiger charge is 2.11. The summed E-state index contributed by atoms with van der Waals surface area (Å²) < 4.78 is 0. The van der Waals surface area contributed by atoms with Crippen molar-refractivity contribution in [1.82, 2.24) is 5.48 Å². The third-order valence-corrected chi connectivity index (χ3v) is 2.20. The molecule has 0 aliphatic rings. The zero-order chi connectivity index (χ0) is 13.5. The molecule has 1 aromatic carbocycles. The molecule has 18 heavy (non-hydrogen) atoms. The van der Waals surface area contributed by atoms with Crippen LogP contribution in [0.25, 0.3) is 0 Å². The molecule has 2 N–H and O–H groups in total. The van der Waals surface area contributed by atoms with E-state index in [1.54, 1.807) is 6.07 Å². The molecule has 4 nitrogen and oxygen atoms in total. The fourth-order valence-electron chi connectivity index (χ4n) is 1.45. The van der Waals surface area contributed by atoms with Crippen LogP contribution in [0, 0.1) is 5.92 Å². The maximum atomic E-state index is 12.0. The second-order valence-electron chi connectivity index (χ2n) is 4.98. The predicted octanol–water partition coefficient (Wildman–Crippen LogP) is 2.82. The monoisotopic (exact) mass is 250 g/mol. The Kier molecular flexibility index (Phi) is 5.65. The first-order chi connectivity index (χ1) is 8.50. The molecule has 4 heteroatoms. The van der Waals surface area contributed by atoms with E-state index in [9.17, 15) is 4.79 Å². The number of carbonyl (C=O) groups is 1. The quantitative estimate of drug-likeness (QED) is 0.763. The molecule has 0 atom stereocenters. The van der Waals surface area contributed by atoms with Crippen LogP contribution >= 0.6 is 0 Å². The Labute approximate surface area is 109 Å². The van der Waals surface area contributed by atoms with Crippen molar-refractivity contribution in [2.45, 2.75) is 33.7 Å². The van der Waals surface area contributed by atoms with E-state index in [4.69, 9.17) is 4.84 Å². The molecule has 1 amide bonds. The highest BCUT2D eigenvalue weighted by atomic mass is 16.6. The van der Waals surface area contributed by atoms with Crippen molar-refractivity contribution in [3.05, 3.63) is 29.8 Å². The lowest BCUT2D eigenvalue weighted by Crippen LogP contribution is -2.27. The van der Waals surface area contributed by atoms with E-state index in [-0.39, 0.29) is 11.9 Å². The predicted molar refractivity (Wildman–Crippen MR) is 73.5 cm³/mol. The molecule has 0 fully saturated rings. The lowest BCUT2D eigenvalue weighted by Gasteiger charge is -2.14. The van der Waals surface area contributed by atoms with Gasteiger partial charge in [0.25, 0.3) is 5.91 Å². The van der Waals surface area contributed by atoms with Crippen molar-refractivity contribution in [3.8, 4) is 0 Å². The van der Waals surface area contributed by atoms with Crippen LogP contribution in [0.3, 0.4) is 0 Å². The van der Waals surface area contributed by atoms with E-state index in [1.165, 1.54) is 0 Å². The Balaban J connectivity index is 2.66. The van der Waals surface area contributed by atoms with Gasteiger partial charge in [-0.3, -0.25) is 9.63 Å². The molecule has 0 aliphatic heterocycles. The summed E-state index contributed by atoms with van der Waals surface area (Å²) in [5.74, 6) is 0.161. The fourth-order valence-corrected chi connectivity index (χ4v) is 1.45. The molecule has 0 bridgehead atoms. The highest BCUT2D eigenvalue weighted by Crippen LogP contribution is 2.15. The van der Waals surface area contributed by atoms with E-state index < -0.39 is 0 Å².